The van der Waals surface area contributed by atoms with Crippen LogP contribution in [0.1, 0.15) is 31.1 Å². The van der Waals surface area contributed by atoms with Gasteiger partial charge in [-0.2, -0.15) is 13.2 Å². The number of nitrogens with zero attached hydrogens (tertiary/aromatic N) is 3. The zero-order chi connectivity index (χ0) is 16.4. The van der Waals surface area contributed by atoms with E-state index in [1.165, 1.54) is 4.57 Å². The second-order valence-electron chi connectivity index (χ2n) is 5.60. The highest BCUT2D eigenvalue weighted by molar-refractivity contribution is 9.10. The summed E-state index contributed by atoms with van der Waals surface area (Å²) >= 11 is 2.85. The van der Waals surface area contributed by atoms with Crippen molar-refractivity contribution in [2.75, 3.05) is 5.32 Å². The van der Waals surface area contributed by atoms with Crippen LogP contribution in [-0.2, 0) is 11.7 Å². The maximum atomic E-state index is 14.5. The van der Waals surface area contributed by atoms with Crippen LogP contribution in [0.3, 0.4) is 0 Å². The molecule has 0 atom stereocenters. The van der Waals surface area contributed by atoms with E-state index in [1.54, 1.807) is 20.8 Å². The van der Waals surface area contributed by atoms with Gasteiger partial charge in [0.1, 0.15) is 11.5 Å². The molecule has 0 saturated heterocycles. The number of alkyl halides is 3. The van der Waals surface area contributed by atoms with Crippen LogP contribution < -0.4 is 5.32 Å². The monoisotopic (exact) mass is 378 g/mol. The first kappa shape index (κ1) is 15.3. The topological polar surface area (TPSA) is 42.7 Å². The Morgan fingerprint density at radius 2 is 1.91 bits per heavy atom. The molecule has 0 unspecified atom stereocenters. The number of rotatable bonds is 0. The van der Waals surface area contributed by atoms with E-state index >= 15 is 0 Å². The standard InChI is InChI=1S/C13H11BrF4N4/c1-5-20-21-11-12(2,3)19-9-6(13(16,17)18)4-7(14)8(15)10(9)22(5)11/h4,19H,1-3H3. The second-order valence-corrected chi connectivity index (χ2v) is 6.45. The van der Waals surface area contributed by atoms with Crippen LogP contribution in [-0.4, -0.2) is 14.8 Å². The fourth-order valence-electron chi connectivity index (χ4n) is 2.58. The molecule has 1 aliphatic heterocycles. The minimum atomic E-state index is -4.62. The lowest BCUT2D eigenvalue weighted by atomic mass is 9.97. The minimum Gasteiger partial charge on any atom is -0.371 e. The highest BCUT2D eigenvalue weighted by atomic mass is 79.9. The van der Waals surface area contributed by atoms with Crippen molar-refractivity contribution in [1.29, 1.82) is 0 Å². The number of benzene rings is 1. The number of aromatic nitrogens is 3. The fraction of sp³-hybridized carbons (Fsp3) is 0.385. The summed E-state index contributed by atoms with van der Waals surface area (Å²) in [5.41, 5.74) is -2.40. The molecule has 9 heteroatoms. The number of aryl methyl sites for hydroxylation is 1. The Morgan fingerprint density at radius 1 is 1.27 bits per heavy atom. The molecular weight excluding hydrogens is 368 g/mol. The van der Waals surface area contributed by atoms with E-state index < -0.39 is 23.1 Å². The van der Waals surface area contributed by atoms with Crippen LogP contribution >= 0.6 is 15.9 Å². The van der Waals surface area contributed by atoms with E-state index in [4.69, 9.17) is 0 Å². The van der Waals surface area contributed by atoms with E-state index in [2.05, 4.69) is 31.4 Å². The average Bonchev–Trinajstić information content (AvgIpc) is 2.75. The van der Waals surface area contributed by atoms with E-state index in [-0.39, 0.29) is 15.8 Å². The van der Waals surface area contributed by atoms with Crippen molar-refractivity contribution in [2.24, 2.45) is 0 Å². The van der Waals surface area contributed by atoms with Crippen molar-refractivity contribution in [2.45, 2.75) is 32.5 Å². The molecule has 0 saturated carbocycles. The molecule has 1 aromatic heterocycles. The predicted molar refractivity (Wildman–Crippen MR) is 75.4 cm³/mol. The molecule has 1 N–H and O–H groups in total. The van der Waals surface area contributed by atoms with Gasteiger partial charge in [0.2, 0.25) is 0 Å². The van der Waals surface area contributed by atoms with Crippen LogP contribution in [0, 0.1) is 12.7 Å². The van der Waals surface area contributed by atoms with Gasteiger partial charge >= 0.3 is 6.18 Å². The van der Waals surface area contributed by atoms with E-state index in [0.29, 0.717) is 11.6 Å². The molecule has 0 bridgehead atoms. The van der Waals surface area contributed by atoms with Crippen molar-refractivity contribution in [3.8, 4) is 5.69 Å². The summed E-state index contributed by atoms with van der Waals surface area (Å²) in [6, 6.07) is 0.738. The molecule has 118 valence electrons. The SMILES string of the molecule is Cc1nnc2n1-c1c(F)c(Br)cc(C(F)(F)F)c1NC2(C)C. The van der Waals surface area contributed by atoms with E-state index in [0.717, 1.165) is 6.07 Å². The first-order valence-electron chi connectivity index (χ1n) is 6.34. The lowest BCUT2D eigenvalue weighted by Gasteiger charge is -2.35. The highest BCUT2D eigenvalue weighted by Crippen LogP contribution is 2.47. The van der Waals surface area contributed by atoms with Gasteiger partial charge in [-0.25, -0.2) is 4.39 Å². The van der Waals surface area contributed by atoms with Gasteiger partial charge in [-0.1, -0.05) is 0 Å². The first-order valence-corrected chi connectivity index (χ1v) is 7.13. The number of halogens is 5. The van der Waals surface area contributed by atoms with E-state index in [1.807, 2.05) is 0 Å². The maximum absolute atomic E-state index is 14.5. The zero-order valence-corrected chi connectivity index (χ0v) is 13.4. The Labute approximate surface area is 131 Å². The summed E-state index contributed by atoms with van der Waals surface area (Å²) in [4.78, 5) is 0. The lowest BCUT2D eigenvalue weighted by Crippen LogP contribution is -2.37. The Bertz CT molecular complexity index is 779. The fourth-order valence-corrected chi connectivity index (χ4v) is 2.99. The maximum Gasteiger partial charge on any atom is 0.418 e. The van der Waals surface area contributed by atoms with Gasteiger partial charge in [0.05, 0.1) is 21.3 Å². The van der Waals surface area contributed by atoms with Gasteiger partial charge < -0.3 is 5.32 Å². The molecule has 0 radical (unpaired) electrons. The molecule has 1 aliphatic rings. The van der Waals surface area contributed by atoms with Crippen LogP contribution in [0.2, 0.25) is 0 Å². The first-order chi connectivity index (χ1) is 10.0. The van der Waals surface area contributed by atoms with Crippen molar-refractivity contribution in [1.82, 2.24) is 14.8 Å². The van der Waals surface area contributed by atoms with Crippen molar-refractivity contribution < 1.29 is 17.6 Å². The summed E-state index contributed by atoms with van der Waals surface area (Å²) in [6.07, 6.45) is -4.62. The molecule has 0 aliphatic carbocycles. The van der Waals surface area contributed by atoms with Gasteiger partial charge in [-0.3, -0.25) is 4.57 Å². The summed E-state index contributed by atoms with van der Waals surface area (Å²) in [6.45, 7) is 4.89. The third kappa shape index (κ3) is 2.02. The number of anilines is 1. The molecular formula is C13H11BrF4N4. The summed E-state index contributed by atoms with van der Waals surface area (Å²) in [7, 11) is 0. The van der Waals surface area contributed by atoms with Gasteiger partial charge in [0, 0.05) is 0 Å². The van der Waals surface area contributed by atoms with Gasteiger partial charge in [0.25, 0.3) is 0 Å². The van der Waals surface area contributed by atoms with Crippen LogP contribution in [0.15, 0.2) is 10.5 Å². The lowest BCUT2D eigenvalue weighted by molar-refractivity contribution is -0.137. The number of fused-ring (bicyclic) bond motifs is 3. The average molecular weight is 379 g/mol. The molecule has 1 aromatic carbocycles. The normalized spacial score (nSPS) is 16.0. The van der Waals surface area contributed by atoms with Gasteiger partial charge in [-0.05, 0) is 42.8 Å². The molecule has 3 rings (SSSR count). The zero-order valence-electron chi connectivity index (χ0n) is 11.8. The smallest absolute Gasteiger partial charge is 0.371 e. The molecule has 0 fully saturated rings. The van der Waals surface area contributed by atoms with Crippen molar-refractivity contribution in [3.05, 3.63) is 33.6 Å². The predicted octanol–water partition coefficient (Wildman–Crippen LogP) is 4.16. The Hall–Kier alpha value is -1.64. The Balaban J connectivity index is 2.46. The van der Waals surface area contributed by atoms with Crippen LogP contribution in [0.25, 0.3) is 5.69 Å². The molecule has 0 spiro atoms. The molecule has 2 heterocycles. The number of hydrogen-bond acceptors (Lipinski definition) is 3. The Morgan fingerprint density at radius 3 is 2.50 bits per heavy atom. The highest BCUT2D eigenvalue weighted by Gasteiger charge is 2.43. The van der Waals surface area contributed by atoms with Gasteiger partial charge in [0.15, 0.2) is 11.6 Å². The Kier molecular flexibility index (Phi) is 3.08. The molecule has 2 aromatic rings. The summed E-state index contributed by atoms with van der Waals surface area (Å²) in [5.74, 6) is -0.131. The number of hydrogen-bond donors (Lipinski definition) is 1. The quantitative estimate of drug-likeness (QED) is 0.700. The van der Waals surface area contributed by atoms with Crippen molar-refractivity contribution in [3.63, 3.8) is 0 Å². The van der Waals surface area contributed by atoms with Crippen molar-refractivity contribution >= 4 is 21.6 Å². The molecule has 22 heavy (non-hydrogen) atoms. The minimum absolute atomic E-state index is 0.224. The third-order valence-corrected chi connectivity index (χ3v) is 4.12. The number of nitrogens with one attached hydrogen (secondary N) is 1. The van der Waals surface area contributed by atoms with Gasteiger partial charge in [-0.15, -0.1) is 10.2 Å². The van der Waals surface area contributed by atoms with Crippen LogP contribution in [0.5, 0.6) is 0 Å². The third-order valence-electron chi connectivity index (χ3n) is 3.55. The summed E-state index contributed by atoms with van der Waals surface area (Å²) in [5, 5.41) is 10.6. The second kappa shape index (κ2) is 4.43. The molecule has 4 nitrogen and oxygen atoms in total. The van der Waals surface area contributed by atoms with Crippen LogP contribution in [0.4, 0.5) is 23.2 Å². The summed E-state index contributed by atoms with van der Waals surface area (Å²) < 4.78 is 55.5. The molecule has 0 amide bonds. The largest absolute Gasteiger partial charge is 0.418 e. The van der Waals surface area contributed by atoms with E-state index in [9.17, 15) is 17.6 Å².